The minimum Gasteiger partial charge on any atom is -0.447 e. The van der Waals surface area contributed by atoms with Crippen LogP contribution in [0.25, 0.3) is 0 Å². The Hall–Kier alpha value is -2.81. The molecule has 9 heteroatoms. The van der Waals surface area contributed by atoms with Gasteiger partial charge in [-0.15, -0.1) is 0 Å². The van der Waals surface area contributed by atoms with E-state index < -0.39 is 29.7 Å². The first-order valence-corrected chi connectivity index (χ1v) is 8.44. The van der Waals surface area contributed by atoms with Gasteiger partial charge in [0.15, 0.2) is 0 Å². The first-order valence-electron chi connectivity index (χ1n) is 8.44. The highest BCUT2D eigenvalue weighted by molar-refractivity contribution is 5.97. The van der Waals surface area contributed by atoms with Crippen LogP contribution in [0.3, 0.4) is 0 Å². The molecule has 3 amide bonds. The molecule has 1 rings (SSSR count). The van der Waals surface area contributed by atoms with E-state index in [1.807, 2.05) is 0 Å². The Bertz CT molecular complexity index is 657. The normalized spacial score (nSPS) is 11.9. The monoisotopic (exact) mass is 381 g/mol. The summed E-state index contributed by atoms with van der Waals surface area (Å²) in [6.07, 6.45) is -1.31. The Labute approximate surface area is 158 Å². The van der Waals surface area contributed by atoms with Crippen LogP contribution in [0.4, 0.5) is 21.0 Å². The second kappa shape index (κ2) is 10.4. The van der Waals surface area contributed by atoms with Crippen molar-refractivity contribution in [1.82, 2.24) is 5.32 Å². The number of anilines is 2. The number of alkyl carbamates (subject to hydrolysis) is 1. The summed E-state index contributed by atoms with van der Waals surface area (Å²) >= 11 is 0. The first kappa shape index (κ1) is 22.2. The van der Waals surface area contributed by atoms with Crippen LogP contribution in [0.15, 0.2) is 24.3 Å². The summed E-state index contributed by atoms with van der Waals surface area (Å²) in [5.41, 5.74) is 0.244. The molecule has 0 aliphatic carbocycles. The molecule has 1 aromatic carbocycles. The van der Waals surface area contributed by atoms with Gasteiger partial charge in [0.05, 0.1) is 6.61 Å². The number of carbonyl (C=O) groups is 3. The number of hydrogen-bond acceptors (Lipinski definition) is 6. The van der Waals surface area contributed by atoms with Crippen molar-refractivity contribution in [2.45, 2.75) is 39.3 Å². The van der Waals surface area contributed by atoms with Gasteiger partial charge in [0, 0.05) is 18.5 Å². The van der Waals surface area contributed by atoms with Crippen LogP contribution >= 0.6 is 0 Å². The minimum absolute atomic E-state index is 0.132. The molecule has 150 valence electrons. The van der Waals surface area contributed by atoms with Crippen molar-refractivity contribution >= 4 is 29.5 Å². The van der Waals surface area contributed by atoms with Crippen LogP contribution in [-0.2, 0) is 19.0 Å². The Balaban J connectivity index is 2.56. The van der Waals surface area contributed by atoms with E-state index in [2.05, 4.69) is 16.0 Å². The van der Waals surface area contributed by atoms with Crippen LogP contribution < -0.4 is 16.0 Å². The predicted molar refractivity (Wildman–Crippen MR) is 101 cm³/mol. The Morgan fingerprint density at radius 1 is 1.04 bits per heavy atom. The van der Waals surface area contributed by atoms with Gasteiger partial charge >= 0.3 is 12.2 Å². The lowest BCUT2D eigenvalue weighted by molar-refractivity contribution is -0.117. The fourth-order valence-electron chi connectivity index (χ4n) is 1.85. The zero-order valence-corrected chi connectivity index (χ0v) is 16.3. The quantitative estimate of drug-likeness (QED) is 0.626. The number of ether oxygens (including phenoxy) is 3. The van der Waals surface area contributed by atoms with E-state index in [1.165, 1.54) is 14.0 Å². The summed E-state index contributed by atoms with van der Waals surface area (Å²) in [6, 6.07) is 5.72. The summed E-state index contributed by atoms with van der Waals surface area (Å²) in [6.45, 7) is 7.16. The third-order valence-electron chi connectivity index (χ3n) is 3.02. The molecule has 0 saturated heterocycles. The number of benzene rings is 1. The number of methoxy groups -OCH3 is 1. The van der Waals surface area contributed by atoms with Gasteiger partial charge in [0.2, 0.25) is 5.91 Å². The Morgan fingerprint density at radius 3 is 2.26 bits per heavy atom. The number of nitrogens with one attached hydrogen (secondary N) is 3. The molecule has 0 fully saturated rings. The second-order valence-corrected chi connectivity index (χ2v) is 6.69. The maximum absolute atomic E-state index is 12.2. The number of hydrogen-bond donors (Lipinski definition) is 3. The lowest BCUT2D eigenvalue weighted by Crippen LogP contribution is -2.43. The summed E-state index contributed by atoms with van der Waals surface area (Å²) in [7, 11) is 1.51. The van der Waals surface area contributed by atoms with E-state index in [-0.39, 0.29) is 6.61 Å². The summed E-state index contributed by atoms with van der Waals surface area (Å²) < 4.78 is 14.8. The maximum atomic E-state index is 12.2. The minimum atomic E-state index is -0.810. The van der Waals surface area contributed by atoms with Crippen LogP contribution in [0.2, 0.25) is 0 Å². The van der Waals surface area contributed by atoms with Crippen molar-refractivity contribution in [3.05, 3.63) is 24.3 Å². The molecule has 1 aromatic rings. The molecule has 0 bridgehead atoms. The third-order valence-corrected chi connectivity index (χ3v) is 3.02. The van der Waals surface area contributed by atoms with Crippen LogP contribution in [0, 0.1) is 0 Å². The van der Waals surface area contributed by atoms with Gasteiger partial charge in [0.25, 0.3) is 0 Å². The lowest BCUT2D eigenvalue weighted by atomic mass is 10.2. The molecular formula is C18H27N3O6. The highest BCUT2D eigenvalue weighted by Gasteiger charge is 2.21. The van der Waals surface area contributed by atoms with Crippen LogP contribution in [-0.4, -0.2) is 50.1 Å². The average molecular weight is 381 g/mol. The lowest BCUT2D eigenvalue weighted by Gasteiger charge is -2.21. The second-order valence-electron chi connectivity index (χ2n) is 6.69. The topological polar surface area (TPSA) is 115 Å². The van der Waals surface area contributed by atoms with E-state index in [9.17, 15) is 14.4 Å². The Morgan fingerprint density at radius 2 is 1.67 bits per heavy atom. The van der Waals surface area contributed by atoms with Gasteiger partial charge in [-0.3, -0.25) is 10.1 Å². The SMILES string of the molecule is COCCOC(=O)Nc1cccc(NC(=O)[C@@H](C)NC(=O)OC(C)(C)C)c1. The highest BCUT2D eigenvalue weighted by Crippen LogP contribution is 2.15. The fraction of sp³-hybridized carbons (Fsp3) is 0.500. The van der Waals surface area contributed by atoms with Gasteiger partial charge in [-0.25, -0.2) is 9.59 Å². The molecule has 0 aromatic heterocycles. The molecule has 0 heterocycles. The number of carbonyl (C=O) groups excluding carboxylic acids is 3. The molecule has 0 aliphatic rings. The molecule has 0 radical (unpaired) electrons. The standard InChI is InChI=1S/C18H27N3O6/c1-12(19-17(24)27-18(2,3)4)15(22)20-13-7-6-8-14(11-13)21-16(23)26-10-9-25-5/h6-8,11-12H,9-10H2,1-5H3,(H,19,24)(H,20,22)(H,21,23)/t12-/m1/s1. The summed E-state index contributed by atoms with van der Waals surface area (Å²) in [5, 5.41) is 7.66. The number of rotatable bonds is 7. The molecule has 9 nitrogen and oxygen atoms in total. The van der Waals surface area contributed by atoms with E-state index >= 15 is 0 Å². The number of amides is 3. The van der Waals surface area contributed by atoms with Crippen molar-refractivity contribution in [2.24, 2.45) is 0 Å². The predicted octanol–water partition coefficient (Wildman–Crippen LogP) is 2.73. The largest absolute Gasteiger partial charge is 0.447 e. The summed E-state index contributed by atoms with van der Waals surface area (Å²) in [5.74, 6) is -0.430. The zero-order chi connectivity index (χ0) is 20.4. The van der Waals surface area contributed by atoms with E-state index in [0.29, 0.717) is 18.0 Å². The van der Waals surface area contributed by atoms with Crippen molar-refractivity contribution in [3.63, 3.8) is 0 Å². The first-order chi connectivity index (χ1) is 12.6. The van der Waals surface area contributed by atoms with Gasteiger partial charge < -0.3 is 24.8 Å². The van der Waals surface area contributed by atoms with Crippen molar-refractivity contribution in [3.8, 4) is 0 Å². The zero-order valence-electron chi connectivity index (χ0n) is 16.3. The van der Waals surface area contributed by atoms with E-state index in [4.69, 9.17) is 14.2 Å². The van der Waals surface area contributed by atoms with Crippen LogP contribution in [0.1, 0.15) is 27.7 Å². The summed E-state index contributed by atoms with van der Waals surface area (Å²) in [4.78, 5) is 35.6. The van der Waals surface area contributed by atoms with Crippen LogP contribution in [0.5, 0.6) is 0 Å². The van der Waals surface area contributed by atoms with Gasteiger partial charge in [-0.1, -0.05) is 6.07 Å². The molecule has 0 aliphatic heterocycles. The smallest absolute Gasteiger partial charge is 0.411 e. The van der Waals surface area contributed by atoms with Crippen molar-refractivity contribution in [2.75, 3.05) is 31.0 Å². The average Bonchev–Trinajstić information content (AvgIpc) is 2.53. The van der Waals surface area contributed by atoms with Gasteiger partial charge in [0.1, 0.15) is 18.2 Å². The third kappa shape index (κ3) is 9.45. The maximum Gasteiger partial charge on any atom is 0.411 e. The molecule has 3 N–H and O–H groups in total. The molecule has 0 saturated carbocycles. The molecule has 0 spiro atoms. The Kier molecular flexibility index (Phi) is 8.53. The van der Waals surface area contributed by atoms with Crippen molar-refractivity contribution < 1.29 is 28.6 Å². The molecule has 27 heavy (non-hydrogen) atoms. The fourth-order valence-corrected chi connectivity index (χ4v) is 1.85. The molecule has 1 atom stereocenters. The van der Waals surface area contributed by atoms with E-state index in [1.54, 1.807) is 45.0 Å². The van der Waals surface area contributed by atoms with Gasteiger partial charge in [-0.2, -0.15) is 0 Å². The van der Waals surface area contributed by atoms with E-state index in [0.717, 1.165) is 0 Å². The highest BCUT2D eigenvalue weighted by atomic mass is 16.6. The van der Waals surface area contributed by atoms with Crippen molar-refractivity contribution in [1.29, 1.82) is 0 Å². The molecular weight excluding hydrogens is 354 g/mol. The van der Waals surface area contributed by atoms with Gasteiger partial charge in [-0.05, 0) is 45.9 Å². The molecule has 0 unspecified atom stereocenters.